The average molecular weight is 279 g/mol. The lowest BCUT2D eigenvalue weighted by Gasteiger charge is -2.07. The monoisotopic (exact) mass is 279 g/mol. The third-order valence-electron chi connectivity index (χ3n) is 2.97. The van der Waals surface area contributed by atoms with Gasteiger partial charge in [0.25, 0.3) is 5.56 Å². The summed E-state index contributed by atoms with van der Waals surface area (Å²) in [5.41, 5.74) is 0.417. The molecule has 0 aliphatic heterocycles. The minimum atomic E-state index is -0.275. The number of hydrogen-bond donors (Lipinski definition) is 0. The topological polar surface area (TPSA) is 56.9 Å². The van der Waals surface area contributed by atoms with Gasteiger partial charge in [0.15, 0.2) is 0 Å². The van der Waals surface area contributed by atoms with Crippen molar-refractivity contribution in [1.82, 2.24) is 14.1 Å². The Morgan fingerprint density at radius 1 is 1.32 bits per heavy atom. The van der Waals surface area contributed by atoms with E-state index in [9.17, 15) is 9.59 Å². The number of hydrogen-bond acceptors (Lipinski definition) is 4. The van der Waals surface area contributed by atoms with Crippen LogP contribution in [0.15, 0.2) is 21.9 Å². The number of rotatable bonds is 4. The van der Waals surface area contributed by atoms with Crippen LogP contribution in [0.3, 0.4) is 0 Å². The normalized spacial score (nSPS) is 10.9. The van der Waals surface area contributed by atoms with Crippen LogP contribution in [0.1, 0.15) is 28.9 Å². The zero-order valence-electron chi connectivity index (χ0n) is 11.3. The largest absolute Gasteiger partial charge is 0.331 e. The van der Waals surface area contributed by atoms with Crippen molar-refractivity contribution in [3.8, 4) is 0 Å². The highest BCUT2D eigenvalue weighted by atomic mass is 32.1. The van der Waals surface area contributed by atoms with Gasteiger partial charge in [-0.1, -0.05) is 6.92 Å². The van der Waals surface area contributed by atoms with Gasteiger partial charge in [-0.05, 0) is 20.3 Å². The molecular weight excluding hydrogens is 262 g/mol. The van der Waals surface area contributed by atoms with E-state index in [1.165, 1.54) is 22.0 Å². The highest BCUT2D eigenvalue weighted by Gasteiger charge is 2.09. The van der Waals surface area contributed by atoms with Crippen LogP contribution in [-0.4, -0.2) is 14.1 Å². The third-order valence-corrected chi connectivity index (χ3v) is 4.03. The van der Waals surface area contributed by atoms with Gasteiger partial charge in [-0.3, -0.25) is 9.36 Å². The van der Waals surface area contributed by atoms with E-state index in [0.717, 1.165) is 22.0 Å². The molecule has 0 saturated carbocycles. The molecule has 2 heterocycles. The van der Waals surface area contributed by atoms with Crippen LogP contribution < -0.4 is 11.2 Å². The maximum atomic E-state index is 12.2. The summed E-state index contributed by atoms with van der Waals surface area (Å²) < 4.78 is 2.81. The molecule has 0 bridgehead atoms. The first-order valence-corrected chi connectivity index (χ1v) is 7.07. The Labute approximate surface area is 115 Å². The van der Waals surface area contributed by atoms with Crippen molar-refractivity contribution in [2.75, 3.05) is 0 Å². The van der Waals surface area contributed by atoms with Crippen LogP contribution in [-0.2, 0) is 13.1 Å². The number of aryl methyl sites for hydroxylation is 3. The second kappa shape index (κ2) is 5.52. The second-order valence-electron chi connectivity index (χ2n) is 4.47. The van der Waals surface area contributed by atoms with Gasteiger partial charge in [-0.15, -0.1) is 11.3 Å². The SMILES string of the molecule is CCCn1ccc(=O)n(Cc2nc(C)c(C)s2)c1=O. The van der Waals surface area contributed by atoms with Crippen molar-refractivity contribution in [3.05, 3.63) is 48.7 Å². The number of nitrogens with zero attached hydrogens (tertiary/aromatic N) is 3. The Bertz CT molecular complexity index is 677. The Balaban J connectivity index is 2.42. The van der Waals surface area contributed by atoms with Gasteiger partial charge < -0.3 is 4.57 Å². The van der Waals surface area contributed by atoms with Crippen LogP contribution in [0.25, 0.3) is 0 Å². The minimum absolute atomic E-state index is 0.252. The van der Waals surface area contributed by atoms with Gasteiger partial charge in [0, 0.05) is 23.7 Å². The van der Waals surface area contributed by atoms with Gasteiger partial charge in [0.2, 0.25) is 0 Å². The fourth-order valence-corrected chi connectivity index (χ4v) is 2.78. The molecule has 0 spiro atoms. The summed E-state index contributed by atoms with van der Waals surface area (Å²) in [6.45, 7) is 6.78. The number of thiazole rings is 1. The van der Waals surface area contributed by atoms with Crippen molar-refractivity contribution >= 4 is 11.3 Å². The van der Waals surface area contributed by atoms with Crippen molar-refractivity contribution in [2.24, 2.45) is 0 Å². The van der Waals surface area contributed by atoms with E-state index in [4.69, 9.17) is 0 Å². The molecular formula is C13H17N3O2S. The first-order valence-electron chi connectivity index (χ1n) is 6.26. The number of aromatic nitrogens is 3. The smallest absolute Gasteiger partial charge is 0.300 e. The molecule has 6 heteroatoms. The van der Waals surface area contributed by atoms with Crippen LogP contribution in [0.5, 0.6) is 0 Å². The molecule has 2 rings (SSSR count). The summed E-state index contributed by atoms with van der Waals surface area (Å²) in [7, 11) is 0. The van der Waals surface area contributed by atoms with Crippen molar-refractivity contribution < 1.29 is 0 Å². The van der Waals surface area contributed by atoms with Gasteiger partial charge in [-0.2, -0.15) is 0 Å². The van der Waals surface area contributed by atoms with E-state index in [-0.39, 0.29) is 17.8 Å². The Morgan fingerprint density at radius 2 is 2.05 bits per heavy atom. The summed E-state index contributed by atoms with van der Waals surface area (Å²) in [5.74, 6) is 0. The van der Waals surface area contributed by atoms with E-state index in [1.54, 1.807) is 10.8 Å². The van der Waals surface area contributed by atoms with Crippen molar-refractivity contribution in [3.63, 3.8) is 0 Å². The zero-order chi connectivity index (χ0) is 14.0. The summed E-state index contributed by atoms with van der Waals surface area (Å²) in [6, 6.07) is 1.43. The minimum Gasteiger partial charge on any atom is -0.300 e. The van der Waals surface area contributed by atoms with Crippen LogP contribution >= 0.6 is 11.3 Å². The maximum absolute atomic E-state index is 12.2. The first kappa shape index (κ1) is 13.7. The van der Waals surface area contributed by atoms with Crippen LogP contribution in [0.2, 0.25) is 0 Å². The average Bonchev–Trinajstić information content (AvgIpc) is 2.68. The fraction of sp³-hybridized carbons (Fsp3) is 0.462. The van der Waals surface area contributed by atoms with Crippen molar-refractivity contribution in [1.29, 1.82) is 0 Å². The second-order valence-corrected chi connectivity index (χ2v) is 5.75. The lowest BCUT2D eigenvalue weighted by Crippen LogP contribution is -2.39. The summed E-state index contributed by atoms with van der Waals surface area (Å²) in [5, 5.41) is 0.795. The quantitative estimate of drug-likeness (QED) is 0.853. The molecule has 2 aromatic heterocycles. The standard InChI is InChI=1S/C13H17N3O2S/c1-4-6-15-7-5-12(17)16(13(15)18)8-11-14-9(2)10(3)19-11/h5,7H,4,6,8H2,1-3H3. The van der Waals surface area contributed by atoms with Gasteiger partial charge in [-0.25, -0.2) is 9.78 Å². The lowest BCUT2D eigenvalue weighted by molar-refractivity contribution is 0.570. The van der Waals surface area contributed by atoms with E-state index in [2.05, 4.69) is 4.98 Å². The molecule has 0 N–H and O–H groups in total. The van der Waals surface area contributed by atoms with Gasteiger partial charge >= 0.3 is 5.69 Å². The lowest BCUT2D eigenvalue weighted by atomic mass is 10.4. The maximum Gasteiger partial charge on any atom is 0.331 e. The van der Waals surface area contributed by atoms with Crippen molar-refractivity contribution in [2.45, 2.75) is 40.3 Å². The van der Waals surface area contributed by atoms with Crippen LogP contribution in [0, 0.1) is 13.8 Å². The Kier molecular flexibility index (Phi) is 3.99. The summed E-state index contributed by atoms with van der Waals surface area (Å²) in [4.78, 5) is 29.5. The van der Waals surface area contributed by atoms with E-state index >= 15 is 0 Å². The molecule has 102 valence electrons. The molecule has 19 heavy (non-hydrogen) atoms. The summed E-state index contributed by atoms with van der Waals surface area (Å²) >= 11 is 1.53. The Hall–Kier alpha value is -1.69. The molecule has 0 radical (unpaired) electrons. The van der Waals surface area contributed by atoms with Gasteiger partial charge in [0.05, 0.1) is 12.2 Å². The third kappa shape index (κ3) is 2.84. The molecule has 2 aromatic rings. The predicted octanol–water partition coefficient (Wildman–Crippen LogP) is 1.54. The highest BCUT2D eigenvalue weighted by molar-refractivity contribution is 7.11. The molecule has 0 aliphatic rings. The molecule has 0 atom stereocenters. The molecule has 0 aromatic carbocycles. The zero-order valence-corrected chi connectivity index (χ0v) is 12.2. The summed E-state index contributed by atoms with van der Waals surface area (Å²) in [6.07, 6.45) is 2.41. The molecule has 0 aliphatic carbocycles. The molecule has 0 unspecified atom stereocenters. The highest BCUT2D eigenvalue weighted by Crippen LogP contribution is 2.16. The van der Waals surface area contributed by atoms with E-state index < -0.39 is 0 Å². The van der Waals surface area contributed by atoms with E-state index in [1.807, 2.05) is 20.8 Å². The Morgan fingerprint density at radius 3 is 2.63 bits per heavy atom. The molecule has 0 amide bonds. The van der Waals surface area contributed by atoms with Crippen LogP contribution in [0.4, 0.5) is 0 Å². The fourth-order valence-electron chi connectivity index (χ4n) is 1.86. The first-order chi connectivity index (χ1) is 9.02. The molecule has 0 fully saturated rings. The predicted molar refractivity (Wildman–Crippen MR) is 75.9 cm³/mol. The molecule has 0 saturated heterocycles. The van der Waals surface area contributed by atoms with E-state index in [0.29, 0.717) is 6.54 Å². The molecule has 5 nitrogen and oxygen atoms in total. The van der Waals surface area contributed by atoms with Gasteiger partial charge in [0.1, 0.15) is 5.01 Å².